The highest BCUT2D eigenvalue weighted by Crippen LogP contribution is 2.37. The van der Waals surface area contributed by atoms with Crippen LogP contribution in [0.5, 0.6) is 0 Å². The highest BCUT2D eigenvalue weighted by atomic mass is 16.2. The molecule has 5 nitrogen and oxygen atoms in total. The number of anilines is 3. The summed E-state index contributed by atoms with van der Waals surface area (Å²) in [6.07, 6.45) is 2.88. The van der Waals surface area contributed by atoms with Gasteiger partial charge in [-0.2, -0.15) is 0 Å². The molecule has 0 radical (unpaired) electrons. The number of carbonyl (C=O) groups is 2. The lowest BCUT2D eigenvalue weighted by Gasteiger charge is -2.18. The molecule has 2 N–H and O–H groups in total. The van der Waals surface area contributed by atoms with E-state index in [4.69, 9.17) is 0 Å². The molecule has 2 aromatic rings. The highest BCUT2D eigenvalue weighted by Gasteiger charge is 2.36. The number of urea groups is 1. The van der Waals surface area contributed by atoms with Crippen LogP contribution in [-0.2, 0) is 11.2 Å². The van der Waals surface area contributed by atoms with Crippen molar-refractivity contribution in [2.45, 2.75) is 33.1 Å². The summed E-state index contributed by atoms with van der Waals surface area (Å²) in [6, 6.07) is 11.3. The number of nitrogens with one attached hydrogen (secondary N) is 2. The summed E-state index contributed by atoms with van der Waals surface area (Å²) in [4.78, 5) is 26.6. The molecule has 0 spiro atoms. The van der Waals surface area contributed by atoms with Crippen LogP contribution in [0.4, 0.5) is 21.9 Å². The van der Waals surface area contributed by atoms with Crippen molar-refractivity contribution in [1.82, 2.24) is 0 Å². The van der Waals surface area contributed by atoms with Crippen molar-refractivity contribution in [2.24, 2.45) is 5.92 Å². The Morgan fingerprint density at radius 3 is 2.35 bits per heavy atom. The third-order valence-corrected chi connectivity index (χ3v) is 5.20. The first-order valence-electron chi connectivity index (χ1n) is 9.11. The molecule has 1 heterocycles. The third-order valence-electron chi connectivity index (χ3n) is 5.20. The molecule has 0 aromatic heterocycles. The molecule has 0 bridgehead atoms. The number of benzene rings is 2. The van der Waals surface area contributed by atoms with Crippen LogP contribution in [0.2, 0.25) is 0 Å². The highest BCUT2D eigenvalue weighted by molar-refractivity contribution is 6.02. The SMILES string of the molecule is Cc1ccc(NC(=O)Nc2ccc3c(c2)N(C(=O)C2CC2)CC3)cc1C. The van der Waals surface area contributed by atoms with Crippen molar-refractivity contribution in [3.8, 4) is 0 Å². The molecule has 26 heavy (non-hydrogen) atoms. The van der Waals surface area contributed by atoms with Crippen LogP contribution < -0.4 is 15.5 Å². The fraction of sp³-hybridized carbons (Fsp3) is 0.333. The second-order valence-corrected chi connectivity index (χ2v) is 7.24. The lowest BCUT2D eigenvalue weighted by Crippen LogP contribution is -2.30. The Balaban J connectivity index is 1.46. The van der Waals surface area contributed by atoms with Gasteiger partial charge in [-0.3, -0.25) is 4.79 Å². The number of nitrogens with zero attached hydrogens (tertiary/aromatic N) is 1. The summed E-state index contributed by atoms with van der Waals surface area (Å²) in [5, 5.41) is 5.73. The van der Waals surface area contributed by atoms with E-state index in [0.717, 1.165) is 42.7 Å². The summed E-state index contributed by atoms with van der Waals surface area (Å²) < 4.78 is 0. The van der Waals surface area contributed by atoms with Crippen LogP contribution in [0.1, 0.15) is 29.5 Å². The van der Waals surface area contributed by atoms with Gasteiger partial charge in [0.1, 0.15) is 0 Å². The van der Waals surface area contributed by atoms with Crippen LogP contribution in [-0.4, -0.2) is 18.5 Å². The van der Waals surface area contributed by atoms with Gasteiger partial charge in [0, 0.05) is 29.5 Å². The van der Waals surface area contributed by atoms with E-state index in [1.807, 2.05) is 55.1 Å². The van der Waals surface area contributed by atoms with E-state index in [2.05, 4.69) is 10.6 Å². The number of aryl methyl sites for hydroxylation is 2. The maximum atomic E-state index is 12.4. The molecule has 134 valence electrons. The number of fused-ring (bicyclic) bond motifs is 1. The molecular formula is C21H23N3O2. The zero-order valence-corrected chi connectivity index (χ0v) is 15.1. The topological polar surface area (TPSA) is 61.4 Å². The van der Waals surface area contributed by atoms with Gasteiger partial charge in [0.2, 0.25) is 5.91 Å². The number of hydrogen-bond acceptors (Lipinski definition) is 2. The largest absolute Gasteiger partial charge is 0.323 e. The smallest absolute Gasteiger partial charge is 0.312 e. The molecule has 1 fully saturated rings. The summed E-state index contributed by atoms with van der Waals surface area (Å²) in [6.45, 7) is 4.80. The molecular weight excluding hydrogens is 326 g/mol. The van der Waals surface area contributed by atoms with Gasteiger partial charge >= 0.3 is 6.03 Å². The van der Waals surface area contributed by atoms with Crippen LogP contribution in [0.3, 0.4) is 0 Å². The maximum Gasteiger partial charge on any atom is 0.323 e. The minimum Gasteiger partial charge on any atom is -0.312 e. The molecule has 1 aliphatic carbocycles. The molecule has 0 atom stereocenters. The number of hydrogen-bond donors (Lipinski definition) is 2. The molecule has 0 saturated heterocycles. The second kappa shape index (κ2) is 6.48. The Hall–Kier alpha value is -2.82. The van der Waals surface area contributed by atoms with Crippen molar-refractivity contribution >= 4 is 29.0 Å². The maximum absolute atomic E-state index is 12.4. The standard InChI is InChI=1S/C21H23N3O2/c1-13-3-7-17(11-14(13)2)22-21(26)23-18-8-6-15-9-10-24(19(15)12-18)20(25)16-4-5-16/h3,6-8,11-12,16H,4-5,9-10H2,1-2H3,(H2,22,23,26). The third kappa shape index (κ3) is 3.29. The van der Waals surface area contributed by atoms with Crippen molar-refractivity contribution in [3.63, 3.8) is 0 Å². The van der Waals surface area contributed by atoms with Crippen LogP contribution in [0, 0.1) is 19.8 Å². The zero-order valence-electron chi connectivity index (χ0n) is 15.1. The Bertz CT molecular complexity index is 887. The van der Waals surface area contributed by atoms with Crippen LogP contribution in [0.25, 0.3) is 0 Å². The monoisotopic (exact) mass is 349 g/mol. The molecule has 2 aliphatic rings. The average Bonchev–Trinajstić information content (AvgIpc) is 3.37. The van der Waals surface area contributed by atoms with Gasteiger partial charge < -0.3 is 15.5 Å². The Morgan fingerprint density at radius 2 is 1.65 bits per heavy atom. The van der Waals surface area contributed by atoms with Gasteiger partial charge in [0.25, 0.3) is 0 Å². The fourth-order valence-electron chi connectivity index (χ4n) is 3.35. The van der Waals surface area contributed by atoms with Gasteiger partial charge in [-0.05, 0) is 74.1 Å². The van der Waals surface area contributed by atoms with E-state index in [0.29, 0.717) is 5.69 Å². The number of carbonyl (C=O) groups excluding carboxylic acids is 2. The fourth-order valence-corrected chi connectivity index (χ4v) is 3.35. The normalized spacial score (nSPS) is 15.5. The van der Waals surface area contributed by atoms with Gasteiger partial charge in [-0.15, -0.1) is 0 Å². The van der Waals surface area contributed by atoms with Crippen molar-refractivity contribution < 1.29 is 9.59 Å². The first-order valence-corrected chi connectivity index (χ1v) is 9.11. The Labute approximate surface area is 153 Å². The van der Waals surface area contributed by atoms with Crippen LogP contribution >= 0.6 is 0 Å². The average molecular weight is 349 g/mol. The molecule has 0 unspecified atom stereocenters. The second-order valence-electron chi connectivity index (χ2n) is 7.24. The van der Waals surface area contributed by atoms with E-state index in [-0.39, 0.29) is 17.9 Å². The Kier molecular flexibility index (Phi) is 4.15. The van der Waals surface area contributed by atoms with E-state index in [1.54, 1.807) is 0 Å². The van der Waals surface area contributed by atoms with Gasteiger partial charge in [0.05, 0.1) is 0 Å². The van der Waals surface area contributed by atoms with Gasteiger partial charge in [0.15, 0.2) is 0 Å². The number of rotatable bonds is 3. The van der Waals surface area contributed by atoms with E-state index >= 15 is 0 Å². The molecule has 2 aromatic carbocycles. The quantitative estimate of drug-likeness (QED) is 0.870. The summed E-state index contributed by atoms with van der Waals surface area (Å²) in [7, 11) is 0. The van der Waals surface area contributed by atoms with Crippen molar-refractivity contribution in [2.75, 3.05) is 22.1 Å². The molecule has 1 saturated carbocycles. The first-order chi connectivity index (χ1) is 12.5. The Morgan fingerprint density at radius 1 is 0.962 bits per heavy atom. The first kappa shape index (κ1) is 16.6. The van der Waals surface area contributed by atoms with Crippen LogP contribution in [0.15, 0.2) is 36.4 Å². The predicted molar refractivity (Wildman–Crippen MR) is 104 cm³/mol. The lowest BCUT2D eigenvalue weighted by atomic mass is 10.1. The minimum atomic E-state index is -0.286. The zero-order chi connectivity index (χ0) is 18.3. The molecule has 1 aliphatic heterocycles. The molecule has 3 amide bonds. The van der Waals surface area contributed by atoms with E-state index in [1.165, 1.54) is 11.1 Å². The van der Waals surface area contributed by atoms with Gasteiger partial charge in [-0.25, -0.2) is 4.79 Å². The number of amides is 3. The summed E-state index contributed by atoms with van der Waals surface area (Å²) in [5.74, 6) is 0.422. The summed E-state index contributed by atoms with van der Waals surface area (Å²) in [5.41, 5.74) is 5.88. The predicted octanol–water partition coefficient (Wildman–Crippen LogP) is 4.25. The van der Waals surface area contributed by atoms with Crippen molar-refractivity contribution in [3.05, 3.63) is 53.1 Å². The summed E-state index contributed by atoms with van der Waals surface area (Å²) >= 11 is 0. The van der Waals surface area contributed by atoms with E-state index < -0.39 is 0 Å². The lowest BCUT2D eigenvalue weighted by molar-refractivity contribution is -0.119. The van der Waals surface area contributed by atoms with Crippen molar-refractivity contribution in [1.29, 1.82) is 0 Å². The van der Waals surface area contributed by atoms with Gasteiger partial charge in [-0.1, -0.05) is 12.1 Å². The van der Waals surface area contributed by atoms with E-state index in [9.17, 15) is 9.59 Å². The molecule has 5 heteroatoms. The molecule has 4 rings (SSSR count). The minimum absolute atomic E-state index is 0.200.